The highest BCUT2D eigenvalue weighted by atomic mass is 32.2. The fourth-order valence-electron chi connectivity index (χ4n) is 2.85. The van der Waals surface area contributed by atoms with Crippen molar-refractivity contribution in [1.82, 2.24) is 5.32 Å². The first kappa shape index (κ1) is 20.5. The quantitative estimate of drug-likeness (QED) is 0.405. The van der Waals surface area contributed by atoms with Crippen LogP contribution >= 0.6 is 11.8 Å². The molecule has 0 heterocycles. The van der Waals surface area contributed by atoms with Crippen molar-refractivity contribution in [2.75, 3.05) is 13.2 Å². The summed E-state index contributed by atoms with van der Waals surface area (Å²) >= 11 is 1.99. The van der Waals surface area contributed by atoms with Gasteiger partial charge in [-0.2, -0.15) is 0 Å². The molecule has 0 amide bonds. The SMILES string of the molecule is CCCCC(CCCNC(C)CO)c1ccccc1SC(C)C. The van der Waals surface area contributed by atoms with Gasteiger partial charge in [0.05, 0.1) is 6.61 Å². The Labute approximate surface area is 147 Å². The summed E-state index contributed by atoms with van der Waals surface area (Å²) in [5.41, 5.74) is 1.54. The third kappa shape index (κ3) is 8.23. The molecule has 2 nitrogen and oxygen atoms in total. The first-order chi connectivity index (χ1) is 11.1. The summed E-state index contributed by atoms with van der Waals surface area (Å²) < 4.78 is 0. The van der Waals surface area contributed by atoms with Gasteiger partial charge >= 0.3 is 0 Å². The molecule has 0 aliphatic heterocycles. The number of benzene rings is 1. The van der Waals surface area contributed by atoms with E-state index in [4.69, 9.17) is 5.11 Å². The lowest BCUT2D eigenvalue weighted by molar-refractivity contribution is 0.251. The molecule has 0 aliphatic rings. The second kappa shape index (κ2) is 11.9. The molecule has 3 heteroatoms. The molecule has 2 unspecified atom stereocenters. The van der Waals surface area contributed by atoms with Crippen LogP contribution < -0.4 is 5.32 Å². The number of unbranched alkanes of at least 4 members (excludes halogenated alkanes) is 1. The number of thioether (sulfide) groups is 1. The van der Waals surface area contributed by atoms with Crippen LogP contribution in [0.4, 0.5) is 0 Å². The van der Waals surface area contributed by atoms with Gasteiger partial charge < -0.3 is 10.4 Å². The summed E-state index contributed by atoms with van der Waals surface area (Å²) in [7, 11) is 0. The van der Waals surface area contributed by atoms with Crippen LogP contribution in [0.5, 0.6) is 0 Å². The van der Waals surface area contributed by atoms with Crippen molar-refractivity contribution in [3.63, 3.8) is 0 Å². The largest absolute Gasteiger partial charge is 0.395 e. The van der Waals surface area contributed by atoms with Crippen molar-refractivity contribution in [1.29, 1.82) is 0 Å². The Kier molecular flexibility index (Phi) is 10.7. The zero-order valence-corrected chi connectivity index (χ0v) is 16.2. The van der Waals surface area contributed by atoms with Crippen LogP contribution in [0.25, 0.3) is 0 Å². The Morgan fingerprint density at radius 2 is 1.78 bits per heavy atom. The molecule has 23 heavy (non-hydrogen) atoms. The molecule has 1 aromatic rings. The van der Waals surface area contributed by atoms with Crippen molar-refractivity contribution in [3.05, 3.63) is 29.8 Å². The lowest BCUT2D eigenvalue weighted by atomic mass is 9.89. The zero-order chi connectivity index (χ0) is 17.1. The Balaban J connectivity index is 2.69. The minimum absolute atomic E-state index is 0.202. The monoisotopic (exact) mass is 337 g/mol. The average molecular weight is 338 g/mol. The highest BCUT2D eigenvalue weighted by Gasteiger charge is 2.15. The predicted octanol–water partition coefficient (Wildman–Crippen LogP) is 5.21. The summed E-state index contributed by atoms with van der Waals surface area (Å²) in [6, 6.07) is 9.16. The lowest BCUT2D eigenvalue weighted by Gasteiger charge is -2.21. The van der Waals surface area contributed by atoms with Crippen molar-refractivity contribution in [3.8, 4) is 0 Å². The van der Waals surface area contributed by atoms with E-state index in [1.165, 1.54) is 42.6 Å². The highest BCUT2D eigenvalue weighted by Crippen LogP contribution is 2.35. The van der Waals surface area contributed by atoms with Crippen LogP contribution in [-0.2, 0) is 0 Å². The summed E-state index contributed by atoms with van der Waals surface area (Å²) in [6.07, 6.45) is 6.23. The van der Waals surface area contributed by atoms with E-state index in [2.05, 4.69) is 50.4 Å². The van der Waals surface area contributed by atoms with Crippen molar-refractivity contribution in [2.24, 2.45) is 0 Å². The van der Waals surface area contributed by atoms with Gasteiger partial charge in [-0.1, -0.05) is 51.8 Å². The normalized spacial score (nSPS) is 14.2. The Morgan fingerprint density at radius 1 is 1.09 bits per heavy atom. The standard InChI is InChI=1S/C20H35NOS/c1-5-6-10-18(11-9-14-21-17(4)15-22)19-12-7-8-13-20(19)23-16(2)3/h7-8,12-13,16-18,21-22H,5-6,9-11,14-15H2,1-4H3. The van der Waals surface area contributed by atoms with E-state index >= 15 is 0 Å². The topological polar surface area (TPSA) is 32.3 Å². The van der Waals surface area contributed by atoms with Gasteiger partial charge in [0.1, 0.15) is 0 Å². The molecule has 0 aliphatic carbocycles. The van der Waals surface area contributed by atoms with E-state index in [0.29, 0.717) is 11.2 Å². The molecule has 1 aromatic carbocycles. The molecule has 0 radical (unpaired) electrons. The molecule has 0 saturated carbocycles. The summed E-state index contributed by atoms with van der Waals surface area (Å²) in [4.78, 5) is 1.46. The van der Waals surface area contributed by atoms with Crippen LogP contribution in [0.3, 0.4) is 0 Å². The fraction of sp³-hybridized carbons (Fsp3) is 0.700. The van der Waals surface area contributed by atoms with Crippen LogP contribution in [0.15, 0.2) is 29.2 Å². The summed E-state index contributed by atoms with van der Waals surface area (Å²) in [5, 5.41) is 13.1. The lowest BCUT2D eigenvalue weighted by Crippen LogP contribution is -2.30. The van der Waals surface area contributed by atoms with E-state index in [-0.39, 0.29) is 12.6 Å². The third-order valence-corrected chi connectivity index (χ3v) is 5.22. The van der Waals surface area contributed by atoms with E-state index in [1.807, 2.05) is 18.7 Å². The van der Waals surface area contributed by atoms with Crippen LogP contribution in [0.1, 0.15) is 71.3 Å². The molecule has 132 valence electrons. The second-order valence-corrected chi connectivity index (χ2v) is 8.34. The van der Waals surface area contributed by atoms with E-state index < -0.39 is 0 Å². The average Bonchev–Trinajstić information content (AvgIpc) is 2.54. The van der Waals surface area contributed by atoms with E-state index in [1.54, 1.807) is 0 Å². The summed E-state index contributed by atoms with van der Waals surface area (Å²) in [5.74, 6) is 0.656. The second-order valence-electron chi connectivity index (χ2n) is 6.72. The fourth-order valence-corrected chi connectivity index (χ4v) is 3.88. The molecule has 1 rings (SSSR count). The maximum Gasteiger partial charge on any atom is 0.0581 e. The Hall–Kier alpha value is -0.510. The van der Waals surface area contributed by atoms with Crippen LogP contribution in [-0.4, -0.2) is 29.5 Å². The number of hydrogen-bond acceptors (Lipinski definition) is 3. The molecule has 2 N–H and O–H groups in total. The molecule has 2 atom stereocenters. The van der Waals surface area contributed by atoms with Crippen molar-refractivity contribution >= 4 is 11.8 Å². The van der Waals surface area contributed by atoms with Crippen LogP contribution in [0.2, 0.25) is 0 Å². The first-order valence-electron chi connectivity index (χ1n) is 9.18. The maximum absolute atomic E-state index is 9.09. The first-order valence-corrected chi connectivity index (χ1v) is 10.1. The molecular weight excluding hydrogens is 302 g/mol. The Morgan fingerprint density at radius 3 is 2.43 bits per heavy atom. The van der Waals surface area contributed by atoms with Gasteiger partial charge in [-0.05, 0) is 50.3 Å². The number of rotatable bonds is 12. The highest BCUT2D eigenvalue weighted by molar-refractivity contribution is 8.00. The molecular formula is C20H35NOS. The van der Waals surface area contributed by atoms with Gasteiger partial charge in [0, 0.05) is 16.2 Å². The number of aliphatic hydroxyl groups excluding tert-OH is 1. The van der Waals surface area contributed by atoms with Gasteiger partial charge in [0.2, 0.25) is 0 Å². The molecule has 0 bridgehead atoms. The van der Waals surface area contributed by atoms with Crippen molar-refractivity contribution in [2.45, 2.75) is 81.9 Å². The van der Waals surface area contributed by atoms with Crippen molar-refractivity contribution < 1.29 is 5.11 Å². The van der Waals surface area contributed by atoms with E-state index in [0.717, 1.165) is 6.54 Å². The zero-order valence-electron chi connectivity index (χ0n) is 15.3. The number of nitrogens with one attached hydrogen (secondary N) is 1. The van der Waals surface area contributed by atoms with E-state index in [9.17, 15) is 0 Å². The number of aliphatic hydroxyl groups is 1. The minimum Gasteiger partial charge on any atom is -0.395 e. The predicted molar refractivity (Wildman–Crippen MR) is 103 cm³/mol. The van der Waals surface area contributed by atoms with Gasteiger partial charge in [-0.25, -0.2) is 0 Å². The number of hydrogen-bond donors (Lipinski definition) is 2. The van der Waals surface area contributed by atoms with Gasteiger partial charge in [0.15, 0.2) is 0 Å². The third-order valence-electron chi connectivity index (χ3n) is 4.12. The molecule has 0 fully saturated rings. The van der Waals surface area contributed by atoms with Gasteiger partial charge in [0.25, 0.3) is 0 Å². The molecule has 0 saturated heterocycles. The Bertz CT molecular complexity index is 422. The maximum atomic E-state index is 9.09. The molecule has 0 spiro atoms. The minimum atomic E-state index is 0.202. The smallest absolute Gasteiger partial charge is 0.0581 e. The molecule has 0 aromatic heterocycles. The van der Waals surface area contributed by atoms with Crippen LogP contribution in [0, 0.1) is 0 Å². The van der Waals surface area contributed by atoms with Gasteiger partial charge in [-0.3, -0.25) is 0 Å². The van der Waals surface area contributed by atoms with Gasteiger partial charge in [-0.15, -0.1) is 11.8 Å². The summed E-state index contributed by atoms with van der Waals surface area (Å²) in [6.45, 7) is 10.0.